The fourth-order valence-electron chi connectivity index (χ4n) is 2.94. The summed E-state index contributed by atoms with van der Waals surface area (Å²) in [6.45, 7) is 7.07. The van der Waals surface area contributed by atoms with Gasteiger partial charge >= 0.3 is 6.09 Å². The second-order valence-corrected chi connectivity index (χ2v) is 7.25. The fraction of sp³-hybridized carbons (Fsp3) is 0.588. The van der Waals surface area contributed by atoms with E-state index < -0.39 is 5.60 Å². The fourth-order valence-corrected chi connectivity index (χ4v) is 2.94. The van der Waals surface area contributed by atoms with Gasteiger partial charge in [-0.1, -0.05) is 0 Å². The van der Waals surface area contributed by atoms with Crippen molar-refractivity contribution in [3.8, 4) is 0 Å². The van der Waals surface area contributed by atoms with Crippen LogP contribution in [0.1, 0.15) is 33.6 Å². The molecule has 0 aliphatic carbocycles. The molecule has 1 fully saturated rings. The molecular weight excluding hydrogens is 306 g/mol. The van der Waals surface area contributed by atoms with Gasteiger partial charge in [0.05, 0.1) is 6.20 Å². The number of carbonyl (C=O) groups is 1. The van der Waals surface area contributed by atoms with Crippen LogP contribution in [0.4, 0.5) is 10.6 Å². The van der Waals surface area contributed by atoms with Gasteiger partial charge in [-0.3, -0.25) is 0 Å². The highest BCUT2D eigenvalue weighted by Crippen LogP contribution is 2.22. The zero-order chi connectivity index (χ0) is 17.3. The molecule has 0 bridgehead atoms. The molecule has 0 radical (unpaired) electrons. The van der Waals surface area contributed by atoms with Gasteiger partial charge in [-0.25, -0.2) is 14.8 Å². The number of nitrogens with one attached hydrogen (secondary N) is 1. The lowest BCUT2D eigenvalue weighted by molar-refractivity contribution is 0.0205. The Kier molecular flexibility index (Phi) is 4.34. The van der Waals surface area contributed by atoms with Gasteiger partial charge in [0.2, 0.25) is 0 Å². The molecule has 24 heavy (non-hydrogen) atoms. The molecule has 7 nitrogen and oxygen atoms in total. The zero-order valence-electron chi connectivity index (χ0n) is 14.7. The van der Waals surface area contributed by atoms with E-state index >= 15 is 0 Å². The predicted molar refractivity (Wildman–Crippen MR) is 93.1 cm³/mol. The van der Waals surface area contributed by atoms with Crippen LogP contribution in [0.3, 0.4) is 0 Å². The molecule has 1 N–H and O–H groups in total. The maximum Gasteiger partial charge on any atom is 0.410 e. The van der Waals surface area contributed by atoms with Crippen molar-refractivity contribution in [2.45, 2.75) is 45.3 Å². The molecule has 2 aromatic rings. The van der Waals surface area contributed by atoms with Crippen LogP contribution >= 0.6 is 0 Å². The molecule has 0 spiro atoms. The Morgan fingerprint density at radius 1 is 1.38 bits per heavy atom. The van der Waals surface area contributed by atoms with Crippen molar-refractivity contribution in [2.75, 3.05) is 25.0 Å². The van der Waals surface area contributed by atoms with Crippen LogP contribution in [0.5, 0.6) is 0 Å². The molecule has 0 saturated carbocycles. The van der Waals surface area contributed by atoms with Crippen molar-refractivity contribution in [1.82, 2.24) is 19.9 Å². The number of amides is 1. The Labute approximate surface area is 142 Å². The van der Waals surface area contributed by atoms with Crippen molar-refractivity contribution in [1.29, 1.82) is 0 Å². The van der Waals surface area contributed by atoms with Crippen LogP contribution in [-0.2, 0) is 4.74 Å². The van der Waals surface area contributed by atoms with Crippen LogP contribution in [-0.4, -0.2) is 57.7 Å². The lowest BCUT2D eigenvalue weighted by Crippen LogP contribution is -2.47. The summed E-state index contributed by atoms with van der Waals surface area (Å²) < 4.78 is 5.44. The Morgan fingerprint density at radius 3 is 2.75 bits per heavy atom. The minimum atomic E-state index is -0.452. The Morgan fingerprint density at radius 2 is 2.08 bits per heavy atom. The first-order valence-electron chi connectivity index (χ1n) is 8.34. The van der Waals surface area contributed by atoms with Crippen molar-refractivity contribution < 1.29 is 9.53 Å². The van der Waals surface area contributed by atoms with Crippen LogP contribution in [0.25, 0.3) is 11.2 Å². The molecule has 2 aromatic heterocycles. The van der Waals surface area contributed by atoms with Gasteiger partial charge in [-0.05, 0) is 39.7 Å². The van der Waals surface area contributed by atoms with Crippen LogP contribution in [0.15, 0.2) is 18.5 Å². The number of H-pyrrole nitrogens is 1. The van der Waals surface area contributed by atoms with Crippen molar-refractivity contribution in [3.63, 3.8) is 0 Å². The average molecular weight is 331 g/mol. The molecule has 0 atom stereocenters. The first-order valence-corrected chi connectivity index (χ1v) is 8.34. The molecule has 7 heteroatoms. The maximum atomic E-state index is 12.1. The van der Waals surface area contributed by atoms with Crippen molar-refractivity contribution in [2.24, 2.45) is 0 Å². The first-order chi connectivity index (χ1) is 11.3. The SMILES string of the molecule is CN(c1cnc2[nH]ccc2n1)C1CCN(C(=O)OC(C)(C)C)CC1. The van der Waals surface area contributed by atoms with Crippen LogP contribution < -0.4 is 4.90 Å². The van der Waals surface area contributed by atoms with E-state index in [1.807, 2.05) is 40.1 Å². The van der Waals surface area contributed by atoms with E-state index in [0.29, 0.717) is 19.1 Å². The monoisotopic (exact) mass is 331 g/mol. The number of anilines is 1. The molecule has 0 unspecified atom stereocenters. The third-order valence-electron chi connectivity index (χ3n) is 4.27. The summed E-state index contributed by atoms with van der Waals surface area (Å²) in [5, 5.41) is 0. The van der Waals surface area contributed by atoms with E-state index in [9.17, 15) is 4.79 Å². The topological polar surface area (TPSA) is 74.4 Å². The smallest absolute Gasteiger partial charge is 0.410 e. The number of aromatic amines is 1. The third-order valence-corrected chi connectivity index (χ3v) is 4.27. The minimum Gasteiger partial charge on any atom is -0.444 e. The van der Waals surface area contributed by atoms with E-state index in [-0.39, 0.29) is 6.09 Å². The summed E-state index contributed by atoms with van der Waals surface area (Å²) in [6.07, 6.45) is 5.19. The minimum absolute atomic E-state index is 0.225. The van der Waals surface area contributed by atoms with E-state index in [1.165, 1.54) is 0 Å². The molecule has 1 amide bonds. The van der Waals surface area contributed by atoms with Gasteiger partial charge in [0.1, 0.15) is 16.9 Å². The summed E-state index contributed by atoms with van der Waals surface area (Å²) in [5.41, 5.74) is 1.21. The second-order valence-electron chi connectivity index (χ2n) is 7.25. The van der Waals surface area contributed by atoms with Gasteiger partial charge in [0.25, 0.3) is 0 Å². The number of rotatable bonds is 2. The second kappa shape index (κ2) is 6.30. The zero-order valence-corrected chi connectivity index (χ0v) is 14.7. The van der Waals surface area contributed by atoms with Gasteiger partial charge in [-0.15, -0.1) is 0 Å². The molecular formula is C17H25N5O2. The van der Waals surface area contributed by atoms with Crippen LogP contribution in [0.2, 0.25) is 0 Å². The normalized spacial score (nSPS) is 16.4. The largest absolute Gasteiger partial charge is 0.444 e. The highest BCUT2D eigenvalue weighted by molar-refractivity contribution is 5.72. The quantitative estimate of drug-likeness (QED) is 0.916. The number of carbonyl (C=O) groups excluding carboxylic acids is 1. The Balaban J connectivity index is 1.60. The van der Waals surface area contributed by atoms with Crippen LogP contribution in [0, 0.1) is 0 Å². The molecule has 1 aliphatic rings. The highest BCUT2D eigenvalue weighted by atomic mass is 16.6. The molecule has 0 aromatic carbocycles. The Hall–Kier alpha value is -2.31. The number of ether oxygens (including phenoxy) is 1. The molecule has 130 valence electrons. The summed E-state index contributed by atoms with van der Waals surface area (Å²) in [6, 6.07) is 2.26. The number of piperidine rings is 1. The number of hydrogen-bond acceptors (Lipinski definition) is 5. The number of hydrogen-bond donors (Lipinski definition) is 1. The highest BCUT2D eigenvalue weighted by Gasteiger charge is 2.29. The third kappa shape index (κ3) is 3.60. The van der Waals surface area contributed by atoms with E-state index in [2.05, 4.69) is 19.9 Å². The van der Waals surface area contributed by atoms with E-state index in [1.54, 1.807) is 11.1 Å². The lowest BCUT2D eigenvalue weighted by Gasteiger charge is -2.37. The summed E-state index contributed by atoms with van der Waals surface area (Å²) in [4.78, 5) is 28.2. The van der Waals surface area contributed by atoms with Gasteiger partial charge in [0, 0.05) is 32.4 Å². The Bertz CT molecular complexity index is 713. The van der Waals surface area contributed by atoms with Gasteiger partial charge in [-0.2, -0.15) is 0 Å². The molecule has 1 saturated heterocycles. The first kappa shape index (κ1) is 16.5. The molecule has 3 heterocycles. The average Bonchev–Trinajstić information content (AvgIpc) is 3.00. The van der Waals surface area contributed by atoms with E-state index in [0.717, 1.165) is 29.8 Å². The van der Waals surface area contributed by atoms with Crippen molar-refractivity contribution >= 4 is 23.1 Å². The summed E-state index contributed by atoms with van der Waals surface area (Å²) in [5.74, 6) is 0.859. The molecule has 1 aliphatic heterocycles. The van der Waals surface area contributed by atoms with E-state index in [4.69, 9.17) is 4.74 Å². The van der Waals surface area contributed by atoms with Crippen molar-refractivity contribution in [3.05, 3.63) is 18.5 Å². The van der Waals surface area contributed by atoms with Gasteiger partial charge < -0.3 is 19.5 Å². The number of nitrogens with zero attached hydrogens (tertiary/aromatic N) is 4. The lowest BCUT2D eigenvalue weighted by atomic mass is 10.0. The summed E-state index contributed by atoms with van der Waals surface area (Å²) >= 11 is 0. The number of fused-ring (bicyclic) bond motifs is 1. The standard InChI is InChI=1S/C17H25N5O2/c1-17(2,3)24-16(23)22-9-6-12(7-10-22)21(4)14-11-19-15-13(20-14)5-8-18-15/h5,8,11-12H,6-7,9-10H2,1-4H3,(H,18,19). The molecule has 3 rings (SSSR count). The predicted octanol–water partition coefficient (Wildman–Crippen LogP) is 2.79. The summed E-state index contributed by atoms with van der Waals surface area (Å²) in [7, 11) is 2.04. The number of aromatic nitrogens is 3. The van der Waals surface area contributed by atoms with Gasteiger partial charge in [0.15, 0.2) is 5.65 Å². The number of likely N-dealkylation sites (tertiary alicyclic amines) is 1. The maximum absolute atomic E-state index is 12.1.